The number of carbonyl (C=O) groups is 2. The maximum atomic E-state index is 13.3. The summed E-state index contributed by atoms with van der Waals surface area (Å²) in [6.45, 7) is 0.953. The quantitative estimate of drug-likeness (QED) is 0.649. The van der Waals surface area contributed by atoms with Gasteiger partial charge in [0.15, 0.2) is 0 Å². The second-order valence-electron chi connectivity index (χ2n) is 7.35. The molecule has 1 fully saturated rings. The van der Waals surface area contributed by atoms with Gasteiger partial charge in [-0.25, -0.2) is 9.37 Å². The average molecular weight is 439 g/mol. The summed E-state index contributed by atoms with van der Waals surface area (Å²) in [6, 6.07) is 14.3. The smallest absolute Gasteiger partial charge is 0.255 e. The Labute approximate surface area is 183 Å². The van der Waals surface area contributed by atoms with Gasteiger partial charge in [0.1, 0.15) is 11.6 Å². The number of nitrogens with zero attached hydrogens (tertiary/aromatic N) is 2. The van der Waals surface area contributed by atoms with E-state index in [-0.39, 0.29) is 23.7 Å². The van der Waals surface area contributed by atoms with Crippen molar-refractivity contribution in [3.63, 3.8) is 0 Å². The van der Waals surface area contributed by atoms with Gasteiger partial charge in [-0.05, 0) is 54.4 Å². The minimum absolute atomic E-state index is 0.116. The number of carbonyl (C=O) groups excluding carboxylic acids is 2. The molecule has 1 atom stereocenters. The Morgan fingerprint density at radius 1 is 1.16 bits per heavy atom. The number of hydrogen-bond acceptors (Lipinski definition) is 4. The van der Waals surface area contributed by atoms with Gasteiger partial charge in [-0.1, -0.05) is 23.7 Å². The molecule has 158 valence electrons. The van der Waals surface area contributed by atoms with Crippen LogP contribution in [0.4, 0.5) is 10.2 Å². The minimum atomic E-state index is -0.401. The number of halogens is 2. The van der Waals surface area contributed by atoms with Gasteiger partial charge in [0.2, 0.25) is 0 Å². The summed E-state index contributed by atoms with van der Waals surface area (Å²) < 4.78 is 13.3. The molecule has 6 nitrogen and oxygen atoms in total. The van der Waals surface area contributed by atoms with E-state index < -0.39 is 5.82 Å². The Hall–Kier alpha value is -3.45. The highest BCUT2D eigenvalue weighted by Crippen LogP contribution is 2.29. The van der Waals surface area contributed by atoms with Gasteiger partial charge >= 0.3 is 0 Å². The first-order valence-electron chi connectivity index (χ1n) is 9.78. The molecule has 0 saturated carbocycles. The molecule has 1 aliphatic rings. The maximum absolute atomic E-state index is 13.3. The van der Waals surface area contributed by atoms with Crippen molar-refractivity contribution in [2.24, 2.45) is 0 Å². The lowest BCUT2D eigenvalue weighted by molar-refractivity contribution is 0.0783. The number of rotatable bonds is 4. The van der Waals surface area contributed by atoms with E-state index in [4.69, 9.17) is 17.3 Å². The molecule has 1 aliphatic heterocycles. The van der Waals surface area contributed by atoms with Crippen LogP contribution >= 0.6 is 11.6 Å². The van der Waals surface area contributed by atoms with Crippen LogP contribution < -0.4 is 11.1 Å². The lowest BCUT2D eigenvalue weighted by atomic mass is 10.0. The summed E-state index contributed by atoms with van der Waals surface area (Å²) in [5.41, 5.74) is 8.10. The van der Waals surface area contributed by atoms with Crippen molar-refractivity contribution in [2.45, 2.75) is 12.5 Å². The number of pyridine rings is 1. The van der Waals surface area contributed by atoms with Crippen LogP contribution in [0.15, 0.2) is 60.8 Å². The molecule has 3 aromatic rings. The highest BCUT2D eigenvalue weighted by atomic mass is 35.5. The summed E-state index contributed by atoms with van der Waals surface area (Å²) in [7, 11) is 0. The van der Waals surface area contributed by atoms with Crippen LogP contribution in [0.1, 0.15) is 27.1 Å². The third-order valence-corrected chi connectivity index (χ3v) is 5.58. The SMILES string of the molecule is Nc1ncccc1C(=O)N[C@@H]1CCN(C(=O)c2ccc(-c3ccc(F)cc3Cl)cc2)C1. The lowest BCUT2D eigenvalue weighted by Gasteiger charge is -2.18. The van der Waals surface area contributed by atoms with Gasteiger partial charge in [-0.2, -0.15) is 0 Å². The van der Waals surface area contributed by atoms with Crippen LogP contribution in [0.3, 0.4) is 0 Å². The van der Waals surface area contributed by atoms with Gasteiger partial charge in [0, 0.05) is 36.5 Å². The molecule has 0 unspecified atom stereocenters. The van der Waals surface area contributed by atoms with Crippen LogP contribution in [0.5, 0.6) is 0 Å². The fourth-order valence-electron chi connectivity index (χ4n) is 3.63. The highest BCUT2D eigenvalue weighted by molar-refractivity contribution is 6.33. The molecule has 1 saturated heterocycles. The molecule has 0 bridgehead atoms. The van der Waals surface area contributed by atoms with Crippen molar-refractivity contribution >= 4 is 29.2 Å². The molecular formula is C23H20ClFN4O2. The zero-order chi connectivity index (χ0) is 22.0. The van der Waals surface area contributed by atoms with Gasteiger partial charge in [-0.15, -0.1) is 0 Å². The van der Waals surface area contributed by atoms with E-state index in [0.29, 0.717) is 41.2 Å². The normalized spacial score (nSPS) is 15.7. The summed E-state index contributed by atoms with van der Waals surface area (Å²) in [5, 5.41) is 3.23. The van der Waals surface area contributed by atoms with Gasteiger partial charge < -0.3 is 16.0 Å². The predicted octanol–water partition coefficient (Wildman–Crippen LogP) is 3.77. The van der Waals surface area contributed by atoms with Crippen molar-refractivity contribution in [1.82, 2.24) is 15.2 Å². The monoisotopic (exact) mass is 438 g/mol. The zero-order valence-corrected chi connectivity index (χ0v) is 17.3. The number of likely N-dealkylation sites (tertiary alicyclic amines) is 1. The number of nitrogen functional groups attached to an aromatic ring is 1. The molecule has 1 aromatic heterocycles. The molecule has 4 rings (SSSR count). The molecule has 2 amide bonds. The summed E-state index contributed by atoms with van der Waals surface area (Å²) in [4.78, 5) is 30.9. The topological polar surface area (TPSA) is 88.3 Å². The molecule has 3 N–H and O–H groups in total. The second-order valence-corrected chi connectivity index (χ2v) is 7.76. The summed E-state index contributed by atoms with van der Waals surface area (Å²) in [6.07, 6.45) is 2.18. The van der Waals surface area contributed by atoms with Gasteiger partial charge in [0.25, 0.3) is 11.8 Å². The molecular weight excluding hydrogens is 419 g/mol. The molecule has 0 radical (unpaired) electrons. The Morgan fingerprint density at radius 2 is 1.94 bits per heavy atom. The minimum Gasteiger partial charge on any atom is -0.383 e. The van der Waals surface area contributed by atoms with E-state index in [2.05, 4.69) is 10.3 Å². The molecule has 31 heavy (non-hydrogen) atoms. The van der Waals surface area contributed by atoms with Crippen molar-refractivity contribution in [3.05, 3.63) is 82.8 Å². The lowest BCUT2D eigenvalue weighted by Crippen LogP contribution is -2.38. The van der Waals surface area contributed by atoms with Crippen LogP contribution in [0, 0.1) is 5.82 Å². The van der Waals surface area contributed by atoms with E-state index in [1.165, 1.54) is 18.3 Å². The van der Waals surface area contributed by atoms with E-state index in [9.17, 15) is 14.0 Å². The Morgan fingerprint density at radius 3 is 2.65 bits per heavy atom. The summed E-state index contributed by atoms with van der Waals surface area (Å²) >= 11 is 6.12. The van der Waals surface area contributed by atoms with E-state index in [1.54, 1.807) is 47.4 Å². The molecule has 2 aromatic carbocycles. The Bertz CT molecular complexity index is 1140. The third kappa shape index (κ3) is 4.51. The maximum Gasteiger partial charge on any atom is 0.255 e. The van der Waals surface area contributed by atoms with Crippen LogP contribution in [0.25, 0.3) is 11.1 Å². The first-order chi connectivity index (χ1) is 14.9. The van der Waals surface area contributed by atoms with Gasteiger partial charge in [-0.3, -0.25) is 9.59 Å². The Kier molecular flexibility index (Phi) is 5.86. The highest BCUT2D eigenvalue weighted by Gasteiger charge is 2.28. The predicted molar refractivity (Wildman–Crippen MR) is 117 cm³/mol. The molecule has 2 heterocycles. The largest absolute Gasteiger partial charge is 0.383 e. The van der Waals surface area contributed by atoms with E-state index >= 15 is 0 Å². The van der Waals surface area contributed by atoms with Crippen LogP contribution in [-0.4, -0.2) is 40.8 Å². The fourth-order valence-corrected chi connectivity index (χ4v) is 3.91. The third-order valence-electron chi connectivity index (χ3n) is 5.27. The number of nitrogens with two attached hydrogens (primary N) is 1. The standard InChI is InChI=1S/C23H20ClFN4O2/c24-20-12-16(25)7-8-18(20)14-3-5-15(6-4-14)23(31)29-11-9-17(13-29)28-22(30)19-2-1-10-27-21(19)26/h1-8,10,12,17H,9,11,13H2,(H2,26,27)(H,28,30)/t17-/m1/s1. The number of amides is 2. The fraction of sp³-hybridized carbons (Fsp3) is 0.174. The number of nitrogens with one attached hydrogen (secondary N) is 1. The van der Waals surface area contributed by atoms with E-state index in [0.717, 1.165) is 5.56 Å². The summed E-state index contributed by atoms with van der Waals surface area (Å²) in [5.74, 6) is -0.644. The first-order valence-corrected chi connectivity index (χ1v) is 10.2. The van der Waals surface area contributed by atoms with Crippen molar-refractivity contribution in [3.8, 4) is 11.1 Å². The van der Waals surface area contributed by atoms with Crippen molar-refractivity contribution in [1.29, 1.82) is 0 Å². The number of benzene rings is 2. The second kappa shape index (κ2) is 8.73. The number of aromatic nitrogens is 1. The van der Waals surface area contributed by atoms with Crippen LogP contribution in [-0.2, 0) is 0 Å². The molecule has 8 heteroatoms. The van der Waals surface area contributed by atoms with Crippen molar-refractivity contribution in [2.75, 3.05) is 18.8 Å². The molecule has 0 spiro atoms. The Balaban J connectivity index is 1.40. The van der Waals surface area contributed by atoms with Gasteiger partial charge in [0.05, 0.1) is 10.6 Å². The molecule has 0 aliphatic carbocycles. The van der Waals surface area contributed by atoms with Crippen molar-refractivity contribution < 1.29 is 14.0 Å². The number of hydrogen-bond donors (Lipinski definition) is 2. The van der Waals surface area contributed by atoms with Crippen LogP contribution in [0.2, 0.25) is 5.02 Å². The number of anilines is 1. The van der Waals surface area contributed by atoms with E-state index in [1.807, 2.05) is 0 Å². The average Bonchev–Trinajstić information content (AvgIpc) is 3.22. The zero-order valence-electron chi connectivity index (χ0n) is 16.5. The first kappa shape index (κ1) is 20.8.